The highest BCUT2D eigenvalue weighted by molar-refractivity contribution is 9.10. The minimum atomic E-state index is 0.581. The Morgan fingerprint density at radius 1 is 1.03 bits per heavy atom. The normalized spacial score (nSPS) is 10.8. The van der Waals surface area contributed by atoms with E-state index in [4.69, 9.17) is 12.2 Å². The first-order chi connectivity index (χ1) is 14.0. The summed E-state index contributed by atoms with van der Waals surface area (Å²) in [6.07, 6.45) is 3.56. The van der Waals surface area contributed by atoms with Crippen molar-refractivity contribution in [3.05, 3.63) is 75.5 Å². The van der Waals surface area contributed by atoms with Crippen molar-refractivity contribution in [1.29, 1.82) is 0 Å². The third-order valence-corrected chi connectivity index (χ3v) is 6.19. The van der Waals surface area contributed by atoms with Crippen molar-refractivity contribution in [3.63, 3.8) is 0 Å². The minimum absolute atomic E-state index is 0.581. The fourth-order valence-corrected chi connectivity index (χ4v) is 3.70. The molecule has 0 spiro atoms. The van der Waals surface area contributed by atoms with Crippen LogP contribution in [0.5, 0.6) is 0 Å². The molecule has 3 rings (SSSR count). The maximum Gasteiger partial charge on any atom is 0.175 e. The van der Waals surface area contributed by atoms with Crippen LogP contribution in [0.2, 0.25) is 0 Å². The van der Waals surface area contributed by atoms with Crippen LogP contribution in [0, 0.1) is 13.8 Å². The van der Waals surface area contributed by atoms with Gasteiger partial charge in [-0.25, -0.2) is 0 Å². The summed E-state index contributed by atoms with van der Waals surface area (Å²) >= 11 is 9.08. The number of aryl methyl sites for hydroxylation is 2. The average Bonchev–Trinajstić information content (AvgIpc) is 2.94. The molecule has 0 atom stereocenters. The van der Waals surface area contributed by atoms with E-state index < -0.39 is 0 Å². The van der Waals surface area contributed by atoms with Crippen LogP contribution in [0.15, 0.2) is 53.0 Å². The molecule has 2 N–H and O–H groups in total. The molecule has 0 unspecified atom stereocenters. The van der Waals surface area contributed by atoms with E-state index in [1.807, 2.05) is 23.7 Å². The van der Waals surface area contributed by atoms with Crippen molar-refractivity contribution >= 4 is 44.6 Å². The summed E-state index contributed by atoms with van der Waals surface area (Å²) in [6.45, 7) is 7.00. The summed E-state index contributed by atoms with van der Waals surface area (Å²) in [7, 11) is 0. The van der Waals surface area contributed by atoms with Crippen molar-refractivity contribution < 1.29 is 0 Å². The third kappa shape index (κ3) is 5.90. The largest absolute Gasteiger partial charge is 0.332 e. The molecule has 6 heteroatoms. The molecule has 0 saturated carbocycles. The molecule has 1 heterocycles. The van der Waals surface area contributed by atoms with Gasteiger partial charge in [-0.15, -0.1) is 0 Å². The van der Waals surface area contributed by atoms with Crippen LogP contribution in [0.25, 0.3) is 0 Å². The number of benzene rings is 2. The van der Waals surface area contributed by atoms with Gasteiger partial charge in [-0.2, -0.15) is 5.10 Å². The van der Waals surface area contributed by atoms with Crippen molar-refractivity contribution in [2.24, 2.45) is 0 Å². The number of halogens is 1. The van der Waals surface area contributed by atoms with E-state index in [2.05, 4.69) is 81.9 Å². The molecule has 0 amide bonds. The third-order valence-electron chi connectivity index (χ3n) is 4.84. The second-order valence-electron chi connectivity index (χ2n) is 7.22. The lowest BCUT2D eigenvalue weighted by Crippen LogP contribution is -2.19. The van der Waals surface area contributed by atoms with Crippen LogP contribution in [0.3, 0.4) is 0 Å². The summed E-state index contributed by atoms with van der Waals surface area (Å²) in [5, 5.41) is 11.7. The quantitative estimate of drug-likeness (QED) is 0.388. The van der Waals surface area contributed by atoms with Gasteiger partial charge in [0.2, 0.25) is 0 Å². The van der Waals surface area contributed by atoms with E-state index in [9.17, 15) is 0 Å². The Bertz CT molecular complexity index is 979. The number of aromatic nitrogens is 2. The van der Waals surface area contributed by atoms with Gasteiger partial charge in [0.15, 0.2) is 5.11 Å². The SMILES string of the molecule is CCCCc1ccc(NC(=S)Nc2cccc(Cn3nc(C)c(Br)c3C)c2)cc1. The number of rotatable bonds is 7. The number of hydrogen-bond donors (Lipinski definition) is 2. The van der Waals surface area contributed by atoms with Crippen LogP contribution in [-0.4, -0.2) is 14.9 Å². The Kier molecular flexibility index (Phi) is 7.45. The molecular weight excluding hydrogens is 444 g/mol. The zero-order chi connectivity index (χ0) is 20.8. The molecule has 2 aromatic carbocycles. The molecule has 0 bridgehead atoms. The molecule has 0 fully saturated rings. The first-order valence-corrected chi connectivity index (χ1v) is 11.1. The predicted molar refractivity (Wildman–Crippen MR) is 130 cm³/mol. The van der Waals surface area contributed by atoms with Crippen molar-refractivity contribution in [3.8, 4) is 0 Å². The number of anilines is 2. The molecule has 0 aliphatic carbocycles. The highest BCUT2D eigenvalue weighted by atomic mass is 79.9. The molecule has 0 aliphatic heterocycles. The molecule has 152 valence electrons. The zero-order valence-electron chi connectivity index (χ0n) is 17.1. The van der Waals surface area contributed by atoms with Gasteiger partial charge in [0, 0.05) is 11.4 Å². The van der Waals surface area contributed by atoms with E-state index in [1.165, 1.54) is 18.4 Å². The number of hydrogen-bond acceptors (Lipinski definition) is 2. The molecule has 0 saturated heterocycles. The Balaban J connectivity index is 1.60. The molecule has 4 nitrogen and oxygen atoms in total. The van der Waals surface area contributed by atoms with Crippen LogP contribution in [0.1, 0.15) is 42.3 Å². The summed E-state index contributed by atoms with van der Waals surface area (Å²) < 4.78 is 3.08. The Hall–Kier alpha value is -2.18. The molecular formula is C23H27BrN4S. The van der Waals surface area contributed by atoms with Gasteiger partial charge in [-0.3, -0.25) is 4.68 Å². The number of thiocarbonyl (C=S) groups is 1. The van der Waals surface area contributed by atoms with Crippen LogP contribution in [-0.2, 0) is 13.0 Å². The topological polar surface area (TPSA) is 41.9 Å². The molecule has 29 heavy (non-hydrogen) atoms. The number of nitrogens with one attached hydrogen (secondary N) is 2. The average molecular weight is 471 g/mol. The fourth-order valence-electron chi connectivity index (χ4n) is 3.18. The van der Waals surface area contributed by atoms with Crippen molar-refractivity contribution in [1.82, 2.24) is 9.78 Å². The lowest BCUT2D eigenvalue weighted by molar-refractivity contribution is 0.659. The maximum absolute atomic E-state index is 5.49. The first-order valence-electron chi connectivity index (χ1n) is 9.91. The van der Waals surface area contributed by atoms with Gasteiger partial charge >= 0.3 is 0 Å². The van der Waals surface area contributed by atoms with E-state index in [0.717, 1.165) is 39.2 Å². The summed E-state index contributed by atoms with van der Waals surface area (Å²) in [4.78, 5) is 0. The number of unbranched alkanes of at least 4 members (excludes halogenated alkanes) is 1. The first kappa shape index (κ1) is 21.5. The second kappa shape index (κ2) is 10.0. The molecule has 0 aliphatic rings. The fraction of sp³-hybridized carbons (Fsp3) is 0.304. The standard InChI is InChI=1S/C23H27BrN4S/c1-4-5-7-18-10-12-20(13-11-18)25-23(29)26-21-9-6-8-19(14-21)15-28-17(3)22(24)16(2)27-28/h6,8-14H,4-5,7,15H2,1-3H3,(H2,25,26,29). The highest BCUT2D eigenvalue weighted by Crippen LogP contribution is 2.21. The van der Waals surface area contributed by atoms with Crippen LogP contribution in [0.4, 0.5) is 11.4 Å². The van der Waals surface area contributed by atoms with Gasteiger partial charge < -0.3 is 10.6 Å². The van der Waals surface area contributed by atoms with Crippen molar-refractivity contribution in [2.45, 2.75) is 46.6 Å². The van der Waals surface area contributed by atoms with E-state index in [1.54, 1.807) is 0 Å². The zero-order valence-corrected chi connectivity index (χ0v) is 19.5. The van der Waals surface area contributed by atoms with Crippen molar-refractivity contribution in [2.75, 3.05) is 10.6 Å². The van der Waals surface area contributed by atoms with Gasteiger partial charge in [-0.1, -0.05) is 37.6 Å². The molecule has 0 radical (unpaired) electrons. The predicted octanol–water partition coefficient (Wildman–Crippen LogP) is 6.46. The van der Waals surface area contributed by atoms with Gasteiger partial charge in [-0.05, 0) is 90.2 Å². The monoisotopic (exact) mass is 470 g/mol. The summed E-state index contributed by atoms with van der Waals surface area (Å²) in [5.41, 5.74) is 6.60. The second-order valence-corrected chi connectivity index (χ2v) is 8.42. The molecule has 3 aromatic rings. The van der Waals surface area contributed by atoms with Crippen LogP contribution >= 0.6 is 28.1 Å². The Labute approximate surface area is 186 Å². The smallest absolute Gasteiger partial charge is 0.175 e. The van der Waals surface area contributed by atoms with Gasteiger partial charge in [0.25, 0.3) is 0 Å². The van der Waals surface area contributed by atoms with E-state index >= 15 is 0 Å². The van der Waals surface area contributed by atoms with Crippen LogP contribution < -0.4 is 10.6 Å². The number of nitrogens with zero attached hydrogens (tertiary/aromatic N) is 2. The lowest BCUT2D eigenvalue weighted by Gasteiger charge is -2.12. The Morgan fingerprint density at radius 3 is 2.41 bits per heavy atom. The maximum atomic E-state index is 5.49. The van der Waals surface area contributed by atoms with Gasteiger partial charge in [0.05, 0.1) is 22.4 Å². The van der Waals surface area contributed by atoms with Gasteiger partial charge in [0.1, 0.15) is 0 Å². The minimum Gasteiger partial charge on any atom is -0.332 e. The summed E-state index contributed by atoms with van der Waals surface area (Å²) in [5.74, 6) is 0. The highest BCUT2D eigenvalue weighted by Gasteiger charge is 2.09. The molecule has 1 aromatic heterocycles. The summed E-state index contributed by atoms with van der Waals surface area (Å²) in [6, 6.07) is 16.7. The lowest BCUT2D eigenvalue weighted by atomic mass is 10.1. The van der Waals surface area contributed by atoms with E-state index in [-0.39, 0.29) is 0 Å². The Morgan fingerprint density at radius 2 is 1.76 bits per heavy atom. The van der Waals surface area contributed by atoms with E-state index in [0.29, 0.717) is 11.7 Å².